The molecule has 4 rings (SSSR count). The average molecular weight is 531 g/mol. The molecule has 0 radical (unpaired) electrons. The van der Waals surface area contributed by atoms with E-state index in [1.54, 1.807) is 47.2 Å². The summed E-state index contributed by atoms with van der Waals surface area (Å²) in [7, 11) is 0. The molecule has 0 aliphatic carbocycles. The monoisotopic (exact) mass is 529 g/mol. The first-order valence-electron chi connectivity index (χ1n) is 8.65. The van der Waals surface area contributed by atoms with Crippen LogP contribution in [0, 0.1) is 0 Å². The topological polar surface area (TPSA) is 96.8 Å². The summed E-state index contributed by atoms with van der Waals surface area (Å²) >= 11 is 6.81. The summed E-state index contributed by atoms with van der Waals surface area (Å²) in [6.07, 6.45) is 3.25. The van der Waals surface area contributed by atoms with Crippen LogP contribution >= 0.6 is 31.9 Å². The van der Waals surface area contributed by atoms with E-state index in [1.807, 2.05) is 12.1 Å². The van der Waals surface area contributed by atoms with E-state index in [2.05, 4.69) is 42.4 Å². The van der Waals surface area contributed by atoms with Gasteiger partial charge in [0, 0.05) is 21.7 Å². The Labute approximate surface area is 187 Å². The second-order valence-electron chi connectivity index (χ2n) is 6.27. The second-order valence-corrected chi connectivity index (χ2v) is 8.04. The summed E-state index contributed by atoms with van der Waals surface area (Å²) in [6, 6.07) is 15.4. The third kappa shape index (κ3) is 4.07. The smallest absolute Gasteiger partial charge is 0.335 e. The molecular weight excluding hydrogens is 518 g/mol. The predicted molar refractivity (Wildman–Crippen MR) is 119 cm³/mol. The maximum Gasteiger partial charge on any atom is 0.335 e. The first kappa shape index (κ1) is 20.1. The molecule has 0 bridgehead atoms. The van der Waals surface area contributed by atoms with Gasteiger partial charge in [-0.15, -0.1) is 0 Å². The van der Waals surface area contributed by atoms with Crippen molar-refractivity contribution in [3.63, 3.8) is 0 Å². The van der Waals surface area contributed by atoms with E-state index >= 15 is 0 Å². The van der Waals surface area contributed by atoms with Crippen molar-refractivity contribution in [1.29, 1.82) is 0 Å². The summed E-state index contributed by atoms with van der Waals surface area (Å²) in [6.45, 7) is 0. The molecule has 30 heavy (non-hydrogen) atoms. The zero-order chi connectivity index (χ0) is 21.3. The number of aromatic nitrogens is 1. The molecule has 4 aromatic rings. The maximum absolute atomic E-state index is 12.4. The van der Waals surface area contributed by atoms with Gasteiger partial charge in [-0.1, -0.05) is 22.0 Å². The number of benzene rings is 2. The molecule has 0 unspecified atom stereocenters. The zero-order valence-electron chi connectivity index (χ0n) is 15.2. The van der Waals surface area contributed by atoms with Gasteiger partial charge < -0.3 is 14.1 Å². The SMILES string of the molecule is O=C(O)c1cccc(-n2cccc2/C=N\NC(=O)c2cc3cc(Br)cc(Br)c3o2)c1. The van der Waals surface area contributed by atoms with Gasteiger partial charge in [0.25, 0.3) is 0 Å². The highest BCUT2D eigenvalue weighted by Gasteiger charge is 2.14. The largest absolute Gasteiger partial charge is 0.478 e. The summed E-state index contributed by atoms with van der Waals surface area (Å²) in [5.41, 5.74) is 4.52. The number of carbonyl (C=O) groups is 2. The minimum atomic E-state index is -1.00. The van der Waals surface area contributed by atoms with E-state index in [4.69, 9.17) is 4.42 Å². The fourth-order valence-corrected chi connectivity index (χ4v) is 4.26. The number of furan rings is 1. The predicted octanol–water partition coefficient (Wildman–Crippen LogP) is 5.21. The Morgan fingerprint density at radius 3 is 2.73 bits per heavy atom. The molecular formula is C21H13Br2N3O4. The zero-order valence-corrected chi connectivity index (χ0v) is 18.3. The van der Waals surface area contributed by atoms with Crippen molar-refractivity contribution < 1.29 is 19.1 Å². The van der Waals surface area contributed by atoms with E-state index in [-0.39, 0.29) is 11.3 Å². The molecule has 9 heteroatoms. The molecule has 0 aliphatic rings. The highest BCUT2D eigenvalue weighted by atomic mass is 79.9. The molecule has 2 heterocycles. The van der Waals surface area contributed by atoms with Crippen LogP contribution in [0.25, 0.3) is 16.7 Å². The Bertz CT molecular complexity index is 1310. The third-order valence-electron chi connectivity index (χ3n) is 4.27. The van der Waals surface area contributed by atoms with E-state index in [9.17, 15) is 14.7 Å². The first-order chi connectivity index (χ1) is 14.4. The van der Waals surface area contributed by atoms with Crippen molar-refractivity contribution in [2.24, 2.45) is 5.10 Å². The standard InChI is InChI=1S/C21H13Br2N3O4/c22-14-7-13-9-18(30-19(13)17(23)10-14)20(27)25-24-11-16-5-2-6-26(16)15-4-1-3-12(8-15)21(28)29/h1-11H,(H,25,27)(H,28,29)/b24-11-. The highest BCUT2D eigenvalue weighted by Crippen LogP contribution is 2.30. The third-order valence-corrected chi connectivity index (χ3v) is 5.32. The van der Waals surface area contributed by atoms with Gasteiger partial charge in [-0.25, -0.2) is 10.2 Å². The average Bonchev–Trinajstić information content (AvgIpc) is 3.35. The lowest BCUT2D eigenvalue weighted by Gasteiger charge is -2.07. The van der Waals surface area contributed by atoms with Gasteiger partial charge in [0.15, 0.2) is 5.76 Å². The first-order valence-corrected chi connectivity index (χ1v) is 10.2. The van der Waals surface area contributed by atoms with Gasteiger partial charge in [0.2, 0.25) is 0 Å². The molecule has 0 fully saturated rings. The van der Waals surface area contributed by atoms with Crippen LogP contribution in [0.4, 0.5) is 0 Å². The van der Waals surface area contributed by atoms with Crippen LogP contribution in [0.5, 0.6) is 0 Å². The molecule has 150 valence electrons. The number of aromatic carboxylic acids is 1. The van der Waals surface area contributed by atoms with Crippen LogP contribution < -0.4 is 5.43 Å². The lowest BCUT2D eigenvalue weighted by molar-refractivity contribution is 0.0696. The van der Waals surface area contributed by atoms with Gasteiger partial charge in [0.1, 0.15) is 5.58 Å². The molecule has 0 saturated heterocycles. The molecule has 2 N–H and O–H groups in total. The van der Waals surface area contributed by atoms with Crippen molar-refractivity contribution in [3.8, 4) is 5.69 Å². The number of hydrazone groups is 1. The van der Waals surface area contributed by atoms with Crippen molar-refractivity contribution in [3.05, 3.63) is 86.8 Å². The quantitative estimate of drug-likeness (QED) is 0.273. The molecule has 2 aromatic carbocycles. The highest BCUT2D eigenvalue weighted by molar-refractivity contribution is 9.11. The Morgan fingerprint density at radius 2 is 1.93 bits per heavy atom. The summed E-state index contributed by atoms with van der Waals surface area (Å²) in [5.74, 6) is -1.36. The van der Waals surface area contributed by atoms with E-state index in [0.717, 1.165) is 14.3 Å². The van der Waals surface area contributed by atoms with Gasteiger partial charge in [-0.05, 0) is 64.5 Å². The van der Waals surface area contributed by atoms with E-state index < -0.39 is 11.9 Å². The molecule has 0 aliphatic heterocycles. The fraction of sp³-hybridized carbons (Fsp3) is 0. The Morgan fingerprint density at radius 1 is 1.10 bits per heavy atom. The van der Waals surface area contributed by atoms with Crippen molar-refractivity contribution >= 4 is 60.9 Å². The number of fused-ring (bicyclic) bond motifs is 1. The second kappa shape index (κ2) is 8.29. The van der Waals surface area contributed by atoms with Crippen LogP contribution in [-0.4, -0.2) is 27.8 Å². The molecule has 1 amide bonds. The number of hydrogen-bond acceptors (Lipinski definition) is 4. The normalized spacial score (nSPS) is 11.3. The number of rotatable bonds is 5. The fourth-order valence-electron chi connectivity index (χ4n) is 2.92. The lowest BCUT2D eigenvalue weighted by atomic mass is 10.2. The van der Waals surface area contributed by atoms with Crippen molar-refractivity contribution in [1.82, 2.24) is 9.99 Å². The number of hydrogen-bond donors (Lipinski definition) is 2. The summed E-state index contributed by atoms with van der Waals surface area (Å²) in [5, 5.41) is 14.0. The molecule has 7 nitrogen and oxygen atoms in total. The Hall–Kier alpha value is -3.17. The lowest BCUT2D eigenvalue weighted by Crippen LogP contribution is -2.17. The Kier molecular flexibility index (Phi) is 5.56. The number of carboxylic acid groups (broad SMARTS) is 1. The summed E-state index contributed by atoms with van der Waals surface area (Å²) in [4.78, 5) is 23.6. The number of carbonyl (C=O) groups excluding carboxylic acids is 1. The van der Waals surface area contributed by atoms with Crippen molar-refractivity contribution in [2.45, 2.75) is 0 Å². The molecule has 2 aromatic heterocycles. The molecule has 0 saturated carbocycles. The molecule has 0 atom stereocenters. The van der Waals surface area contributed by atoms with Crippen LogP contribution in [0.15, 0.2) is 79.3 Å². The van der Waals surface area contributed by atoms with E-state index in [1.165, 1.54) is 12.3 Å². The number of amides is 1. The van der Waals surface area contributed by atoms with Gasteiger partial charge in [0.05, 0.1) is 21.9 Å². The Balaban J connectivity index is 1.53. The number of halogens is 2. The maximum atomic E-state index is 12.4. The summed E-state index contributed by atoms with van der Waals surface area (Å²) < 4.78 is 8.97. The number of carboxylic acids is 1. The van der Waals surface area contributed by atoms with Crippen LogP contribution in [0.1, 0.15) is 26.6 Å². The van der Waals surface area contributed by atoms with Gasteiger partial charge in [-0.2, -0.15) is 5.10 Å². The van der Waals surface area contributed by atoms with Crippen LogP contribution in [-0.2, 0) is 0 Å². The minimum absolute atomic E-state index is 0.130. The minimum Gasteiger partial charge on any atom is -0.478 e. The molecule has 0 spiro atoms. The van der Waals surface area contributed by atoms with Crippen molar-refractivity contribution in [2.75, 3.05) is 0 Å². The number of nitrogens with zero attached hydrogens (tertiary/aromatic N) is 2. The van der Waals surface area contributed by atoms with Gasteiger partial charge in [-0.3, -0.25) is 4.79 Å². The van der Waals surface area contributed by atoms with E-state index in [0.29, 0.717) is 17.0 Å². The van der Waals surface area contributed by atoms with Crippen LogP contribution in [0.2, 0.25) is 0 Å². The van der Waals surface area contributed by atoms with Crippen LogP contribution in [0.3, 0.4) is 0 Å². The number of nitrogens with one attached hydrogen (secondary N) is 1. The van der Waals surface area contributed by atoms with Gasteiger partial charge >= 0.3 is 11.9 Å².